The van der Waals surface area contributed by atoms with Gasteiger partial charge in [0.25, 0.3) is 5.91 Å². The van der Waals surface area contributed by atoms with E-state index < -0.39 is 42.1 Å². The SMILES string of the molecule is O=C(O)CC(NC(=O)CBr)C(=O)N1C(=O)CCC1=O. The number of carbonyl (C=O) groups excluding carboxylic acids is 4. The van der Waals surface area contributed by atoms with Crippen molar-refractivity contribution in [3.63, 3.8) is 0 Å². The lowest BCUT2D eigenvalue weighted by molar-refractivity contribution is -0.153. The molecule has 0 aromatic carbocycles. The zero-order valence-corrected chi connectivity index (χ0v) is 11.3. The van der Waals surface area contributed by atoms with Gasteiger partial charge in [-0.15, -0.1) is 0 Å². The molecule has 1 saturated heterocycles. The number of nitrogens with zero attached hydrogens (tertiary/aromatic N) is 1. The highest BCUT2D eigenvalue weighted by molar-refractivity contribution is 9.09. The summed E-state index contributed by atoms with van der Waals surface area (Å²) >= 11 is 2.85. The van der Waals surface area contributed by atoms with E-state index in [0.29, 0.717) is 4.90 Å². The van der Waals surface area contributed by atoms with E-state index in [0.717, 1.165) is 0 Å². The summed E-state index contributed by atoms with van der Waals surface area (Å²) in [5.41, 5.74) is 0. The molecule has 104 valence electrons. The second-order valence-electron chi connectivity index (χ2n) is 3.81. The van der Waals surface area contributed by atoms with E-state index in [9.17, 15) is 24.0 Å². The molecule has 0 saturated carbocycles. The Bertz CT molecular complexity index is 433. The van der Waals surface area contributed by atoms with Crippen LogP contribution in [0.5, 0.6) is 0 Å². The zero-order chi connectivity index (χ0) is 14.6. The maximum Gasteiger partial charge on any atom is 0.305 e. The third-order valence-corrected chi connectivity index (χ3v) is 2.91. The number of carboxylic acids is 1. The molecule has 1 unspecified atom stereocenters. The van der Waals surface area contributed by atoms with E-state index in [-0.39, 0.29) is 18.2 Å². The fraction of sp³-hybridized carbons (Fsp3) is 0.500. The third kappa shape index (κ3) is 3.85. The lowest BCUT2D eigenvalue weighted by Crippen LogP contribution is -2.51. The van der Waals surface area contributed by atoms with Gasteiger partial charge in [-0.05, 0) is 0 Å². The van der Waals surface area contributed by atoms with Gasteiger partial charge in [-0.2, -0.15) is 0 Å². The summed E-state index contributed by atoms with van der Waals surface area (Å²) in [5, 5.41) is 10.7. The Morgan fingerprint density at radius 1 is 1.26 bits per heavy atom. The number of hydrogen-bond donors (Lipinski definition) is 2. The molecule has 1 atom stereocenters. The van der Waals surface area contributed by atoms with Crippen molar-refractivity contribution in [2.45, 2.75) is 25.3 Å². The van der Waals surface area contributed by atoms with Gasteiger partial charge in [0, 0.05) is 12.8 Å². The van der Waals surface area contributed by atoms with Gasteiger partial charge in [-0.3, -0.25) is 24.0 Å². The van der Waals surface area contributed by atoms with Gasteiger partial charge < -0.3 is 10.4 Å². The van der Waals surface area contributed by atoms with E-state index in [2.05, 4.69) is 21.2 Å². The average Bonchev–Trinajstić information content (AvgIpc) is 2.66. The number of alkyl halides is 1. The minimum atomic E-state index is -1.44. The van der Waals surface area contributed by atoms with E-state index in [1.54, 1.807) is 0 Å². The van der Waals surface area contributed by atoms with Crippen LogP contribution in [0.15, 0.2) is 0 Å². The Labute approximate surface area is 116 Å². The second kappa shape index (κ2) is 6.41. The molecule has 9 heteroatoms. The van der Waals surface area contributed by atoms with Crippen LogP contribution in [-0.4, -0.2) is 51.0 Å². The number of halogens is 1. The predicted molar refractivity (Wildman–Crippen MR) is 64.1 cm³/mol. The topological polar surface area (TPSA) is 121 Å². The molecule has 8 nitrogen and oxygen atoms in total. The summed E-state index contributed by atoms with van der Waals surface area (Å²) in [6.45, 7) is 0. The molecular formula is C10H11BrN2O6. The summed E-state index contributed by atoms with van der Waals surface area (Å²) in [4.78, 5) is 57.0. The molecule has 1 rings (SSSR count). The molecule has 4 amide bonds. The molecule has 2 N–H and O–H groups in total. The number of aliphatic carboxylic acids is 1. The van der Waals surface area contributed by atoms with Gasteiger partial charge >= 0.3 is 5.97 Å². The minimum Gasteiger partial charge on any atom is -0.481 e. The summed E-state index contributed by atoms with van der Waals surface area (Å²) in [6, 6.07) is -1.44. The number of amides is 4. The quantitative estimate of drug-likeness (QED) is 0.492. The van der Waals surface area contributed by atoms with Gasteiger partial charge in [0.15, 0.2) is 0 Å². The van der Waals surface area contributed by atoms with Crippen LogP contribution in [0.3, 0.4) is 0 Å². The van der Waals surface area contributed by atoms with Crippen molar-refractivity contribution in [3.8, 4) is 0 Å². The maximum absolute atomic E-state index is 11.9. The Kier molecular flexibility index (Phi) is 5.16. The standard InChI is InChI=1S/C10H11BrN2O6/c11-4-6(14)12-5(3-9(17)18)10(19)13-7(15)1-2-8(13)16/h5H,1-4H2,(H,12,14)(H,17,18). The number of rotatable bonds is 5. The van der Waals surface area contributed by atoms with E-state index in [1.165, 1.54) is 0 Å². The van der Waals surface area contributed by atoms with Crippen molar-refractivity contribution in [2.24, 2.45) is 0 Å². The lowest BCUT2D eigenvalue weighted by atomic mass is 10.1. The van der Waals surface area contributed by atoms with E-state index >= 15 is 0 Å². The maximum atomic E-state index is 11.9. The number of nitrogens with one attached hydrogen (secondary N) is 1. The Morgan fingerprint density at radius 3 is 2.21 bits per heavy atom. The van der Waals surface area contributed by atoms with Crippen LogP contribution < -0.4 is 5.32 Å². The molecule has 0 bridgehead atoms. The van der Waals surface area contributed by atoms with Crippen LogP contribution in [0, 0.1) is 0 Å². The number of carbonyl (C=O) groups is 5. The second-order valence-corrected chi connectivity index (χ2v) is 4.37. The number of likely N-dealkylation sites (tertiary alicyclic amines) is 1. The first-order chi connectivity index (χ1) is 8.86. The zero-order valence-electron chi connectivity index (χ0n) is 9.72. The van der Waals surface area contributed by atoms with Crippen LogP contribution >= 0.6 is 15.9 Å². The van der Waals surface area contributed by atoms with Crippen LogP contribution in [-0.2, 0) is 24.0 Å². The van der Waals surface area contributed by atoms with E-state index in [4.69, 9.17) is 5.11 Å². The first-order valence-electron chi connectivity index (χ1n) is 5.33. The lowest BCUT2D eigenvalue weighted by Gasteiger charge is -2.20. The van der Waals surface area contributed by atoms with Crippen molar-refractivity contribution in [2.75, 3.05) is 5.33 Å². The van der Waals surface area contributed by atoms with Gasteiger partial charge in [0.1, 0.15) is 6.04 Å². The highest BCUT2D eigenvalue weighted by atomic mass is 79.9. The fourth-order valence-electron chi connectivity index (χ4n) is 1.59. The highest BCUT2D eigenvalue weighted by Gasteiger charge is 2.39. The first-order valence-corrected chi connectivity index (χ1v) is 6.45. The monoisotopic (exact) mass is 334 g/mol. The molecule has 1 heterocycles. The summed E-state index contributed by atoms with van der Waals surface area (Å²) in [5.74, 6) is -4.31. The third-order valence-electron chi connectivity index (χ3n) is 2.41. The van der Waals surface area contributed by atoms with Gasteiger partial charge in [-0.1, -0.05) is 15.9 Å². The summed E-state index contributed by atoms with van der Waals surface area (Å²) < 4.78 is 0. The minimum absolute atomic E-state index is 0.0866. The molecule has 0 radical (unpaired) electrons. The molecule has 1 aliphatic rings. The Morgan fingerprint density at radius 2 is 1.79 bits per heavy atom. The first kappa shape index (κ1) is 15.3. The molecule has 1 fully saturated rings. The van der Waals surface area contributed by atoms with E-state index in [1.807, 2.05) is 0 Å². The molecule has 0 aliphatic carbocycles. The van der Waals surface area contributed by atoms with Crippen LogP contribution in [0.2, 0.25) is 0 Å². The molecule has 19 heavy (non-hydrogen) atoms. The summed E-state index contributed by atoms with van der Waals surface area (Å²) in [6.07, 6.45) is -0.873. The molecular weight excluding hydrogens is 324 g/mol. The van der Waals surface area contributed by atoms with Crippen molar-refractivity contribution in [3.05, 3.63) is 0 Å². The van der Waals surface area contributed by atoms with Gasteiger partial charge in [0.05, 0.1) is 11.8 Å². The molecule has 1 aliphatic heterocycles. The Hall–Kier alpha value is -1.77. The van der Waals surface area contributed by atoms with Crippen LogP contribution in [0.4, 0.5) is 0 Å². The largest absolute Gasteiger partial charge is 0.481 e. The summed E-state index contributed by atoms with van der Waals surface area (Å²) in [7, 11) is 0. The number of imide groups is 3. The molecule has 0 aromatic heterocycles. The predicted octanol–water partition coefficient (Wildman–Crippen LogP) is -0.984. The molecule has 0 aromatic rings. The number of hydrogen-bond acceptors (Lipinski definition) is 5. The average molecular weight is 335 g/mol. The molecule has 0 spiro atoms. The normalized spacial score (nSPS) is 16.4. The Balaban J connectivity index is 2.87. The fourth-order valence-corrected chi connectivity index (χ4v) is 1.75. The van der Waals surface area contributed by atoms with Crippen molar-refractivity contribution >= 4 is 45.5 Å². The van der Waals surface area contributed by atoms with Gasteiger partial charge in [0.2, 0.25) is 17.7 Å². The van der Waals surface area contributed by atoms with Crippen molar-refractivity contribution in [1.82, 2.24) is 10.2 Å². The van der Waals surface area contributed by atoms with Crippen LogP contribution in [0.1, 0.15) is 19.3 Å². The highest BCUT2D eigenvalue weighted by Crippen LogP contribution is 2.14. The van der Waals surface area contributed by atoms with Crippen LogP contribution in [0.25, 0.3) is 0 Å². The smallest absolute Gasteiger partial charge is 0.305 e. The number of carboxylic acid groups (broad SMARTS) is 1. The van der Waals surface area contributed by atoms with Crippen molar-refractivity contribution < 1.29 is 29.1 Å². The van der Waals surface area contributed by atoms with Crippen molar-refractivity contribution in [1.29, 1.82) is 0 Å². The van der Waals surface area contributed by atoms with Gasteiger partial charge in [-0.25, -0.2) is 4.90 Å².